The van der Waals surface area contributed by atoms with Crippen LogP contribution in [0.15, 0.2) is 28.7 Å². The van der Waals surface area contributed by atoms with Crippen molar-refractivity contribution >= 4 is 11.0 Å². The Balaban J connectivity index is 1.79. The summed E-state index contributed by atoms with van der Waals surface area (Å²) in [5.74, 6) is 1.95. The second kappa shape index (κ2) is 6.65. The van der Waals surface area contributed by atoms with Gasteiger partial charge >= 0.3 is 0 Å². The fraction of sp³-hybridized carbons (Fsp3) is 0.579. The van der Waals surface area contributed by atoms with Crippen molar-refractivity contribution in [2.45, 2.75) is 57.9 Å². The zero-order valence-corrected chi connectivity index (χ0v) is 13.3. The second-order valence-corrected chi connectivity index (χ2v) is 6.58. The summed E-state index contributed by atoms with van der Waals surface area (Å²) in [5, 5.41) is 4.70. The van der Waals surface area contributed by atoms with Gasteiger partial charge in [0.25, 0.3) is 0 Å². The van der Waals surface area contributed by atoms with Gasteiger partial charge in [-0.25, -0.2) is 0 Å². The molecule has 1 N–H and O–H groups in total. The lowest BCUT2D eigenvalue weighted by molar-refractivity contribution is 0.336. The van der Waals surface area contributed by atoms with Gasteiger partial charge in [0.15, 0.2) is 0 Å². The molecule has 0 spiro atoms. The summed E-state index contributed by atoms with van der Waals surface area (Å²) in [6.45, 7) is 2.12. The Labute approximate surface area is 127 Å². The van der Waals surface area contributed by atoms with Crippen molar-refractivity contribution in [3.05, 3.63) is 35.6 Å². The van der Waals surface area contributed by atoms with Gasteiger partial charge in [0.05, 0.1) is 6.04 Å². The predicted octanol–water partition coefficient (Wildman–Crippen LogP) is 5.36. The number of para-hydroxylation sites is 1. The first-order valence-electron chi connectivity index (χ1n) is 8.44. The summed E-state index contributed by atoms with van der Waals surface area (Å²) in [5.41, 5.74) is 2.27. The van der Waals surface area contributed by atoms with E-state index in [1.165, 1.54) is 55.9 Å². The minimum absolute atomic E-state index is 0.347. The molecule has 1 saturated carbocycles. The molecule has 1 aromatic carbocycles. The van der Waals surface area contributed by atoms with Crippen molar-refractivity contribution in [3.63, 3.8) is 0 Å². The molecule has 0 aliphatic heterocycles. The fourth-order valence-corrected chi connectivity index (χ4v) is 3.71. The van der Waals surface area contributed by atoms with Crippen LogP contribution >= 0.6 is 0 Å². The van der Waals surface area contributed by atoms with Gasteiger partial charge in [-0.1, -0.05) is 56.7 Å². The lowest BCUT2D eigenvalue weighted by Gasteiger charge is -2.20. The number of fused-ring (bicyclic) bond motifs is 1. The maximum atomic E-state index is 6.16. The maximum Gasteiger partial charge on any atom is 0.137 e. The molecular weight excluding hydrogens is 258 g/mol. The smallest absolute Gasteiger partial charge is 0.137 e. The van der Waals surface area contributed by atoms with Crippen LogP contribution in [0.2, 0.25) is 0 Å². The normalized spacial score (nSPS) is 18.8. The van der Waals surface area contributed by atoms with E-state index in [0.29, 0.717) is 6.04 Å². The third-order valence-corrected chi connectivity index (χ3v) is 5.00. The molecule has 0 bridgehead atoms. The first-order chi connectivity index (χ1) is 10.3. The van der Waals surface area contributed by atoms with E-state index in [-0.39, 0.29) is 0 Å². The van der Waals surface area contributed by atoms with Crippen LogP contribution in [0.25, 0.3) is 11.0 Å². The van der Waals surface area contributed by atoms with Crippen LogP contribution in [0.4, 0.5) is 0 Å². The molecule has 2 aromatic rings. The number of nitrogens with one attached hydrogen (secondary N) is 1. The minimum Gasteiger partial charge on any atom is -0.459 e. The van der Waals surface area contributed by atoms with Crippen molar-refractivity contribution in [2.75, 3.05) is 7.05 Å². The average molecular weight is 285 g/mol. The number of hydrogen-bond donors (Lipinski definition) is 1. The average Bonchev–Trinajstić information content (AvgIpc) is 2.76. The number of aryl methyl sites for hydroxylation is 1. The second-order valence-electron chi connectivity index (χ2n) is 6.58. The van der Waals surface area contributed by atoms with Crippen molar-refractivity contribution in [1.82, 2.24) is 5.32 Å². The monoisotopic (exact) mass is 285 g/mol. The Bertz CT molecular complexity index is 578. The Morgan fingerprint density at radius 1 is 1.19 bits per heavy atom. The van der Waals surface area contributed by atoms with E-state index in [9.17, 15) is 0 Å². The first-order valence-corrected chi connectivity index (χ1v) is 8.44. The molecule has 1 unspecified atom stereocenters. The summed E-state index contributed by atoms with van der Waals surface area (Å²) < 4.78 is 6.16. The standard InChI is InChI=1S/C19H27NO/c1-14-8-7-11-16-13-18(21-19(14)16)17(20-2)12-15-9-5-3-4-6-10-15/h7-8,11,13,15,17,20H,3-6,9-10,12H2,1-2H3. The van der Waals surface area contributed by atoms with Crippen LogP contribution in [0.3, 0.4) is 0 Å². The van der Waals surface area contributed by atoms with Crippen molar-refractivity contribution in [3.8, 4) is 0 Å². The number of hydrogen-bond acceptors (Lipinski definition) is 2. The van der Waals surface area contributed by atoms with Gasteiger partial charge < -0.3 is 9.73 Å². The van der Waals surface area contributed by atoms with Gasteiger partial charge in [-0.05, 0) is 37.9 Å². The van der Waals surface area contributed by atoms with E-state index in [1.807, 2.05) is 0 Å². The summed E-state index contributed by atoms with van der Waals surface area (Å²) >= 11 is 0. The molecule has 0 radical (unpaired) electrons. The molecule has 2 nitrogen and oxygen atoms in total. The maximum absolute atomic E-state index is 6.16. The highest BCUT2D eigenvalue weighted by Crippen LogP contribution is 2.33. The SMILES string of the molecule is CNC(CC1CCCCCC1)c1cc2cccc(C)c2o1. The third-order valence-electron chi connectivity index (χ3n) is 5.00. The molecule has 1 aliphatic carbocycles. The van der Waals surface area contributed by atoms with Crippen LogP contribution in [-0.2, 0) is 0 Å². The fourth-order valence-electron chi connectivity index (χ4n) is 3.71. The highest BCUT2D eigenvalue weighted by Gasteiger charge is 2.21. The molecule has 1 aromatic heterocycles. The van der Waals surface area contributed by atoms with Crippen LogP contribution in [-0.4, -0.2) is 7.05 Å². The predicted molar refractivity (Wildman–Crippen MR) is 88.6 cm³/mol. The summed E-state index contributed by atoms with van der Waals surface area (Å²) in [4.78, 5) is 0. The van der Waals surface area contributed by atoms with Gasteiger partial charge in [0.2, 0.25) is 0 Å². The Morgan fingerprint density at radius 3 is 2.62 bits per heavy atom. The summed E-state index contributed by atoms with van der Waals surface area (Å²) in [6, 6.07) is 8.94. The number of rotatable bonds is 4. The number of benzene rings is 1. The van der Waals surface area contributed by atoms with Gasteiger partial charge in [0.1, 0.15) is 11.3 Å². The van der Waals surface area contributed by atoms with Gasteiger partial charge in [-0.3, -0.25) is 0 Å². The lowest BCUT2D eigenvalue weighted by atomic mass is 9.91. The summed E-state index contributed by atoms with van der Waals surface area (Å²) in [7, 11) is 2.06. The molecule has 1 aliphatic rings. The number of furan rings is 1. The molecule has 21 heavy (non-hydrogen) atoms. The van der Waals surface area contributed by atoms with E-state index in [0.717, 1.165) is 17.3 Å². The molecule has 2 heteroatoms. The quantitative estimate of drug-likeness (QED) is 0.765. The Morgan fingerprint density at radius 2 is 1.95 bits per heavy atom. The highest BCUT2D eigenvalue weighted by molar-refractivity contribution is 5.80. The Hall–Kier alpha value is -1.28. The lowest BCUT2D eigenvalue weighted by Crippen LogP contribution is -2.19. The van der Waals surface area contributed by atoms with E-state index < -0.39 is 0 Å². The molecule has 0 saturated heterocycles. The third kappa shape index (κ3) is 3.32. The molecule has 3 rings (SSSR count). The molecule has 0 amide bonds. The van der Waals surface area contributed by atoms with Gasteiger partial charge in [-0.2, -0.15) is 0 Å². The first kappa shape index (κ1) is 14.6. The van der Waals surface area contributed by atoms with Crippen molar-refractivity contribution < 1.29 is 4.42 Å². The van der Waals surface area contributed by atoms with E-state index >= 15 is 0 Å². The van der Waals surface area contributed by atoms with Crippen LogP contribution < -0.4 is 5.32 Å². The van der Waals surface area contributed by atoms with Crippen molar-refractivity contribution in [1.29, 1.82) is 0 Å². The highest BCUT2D eigenvalue weighted by atomic mass is 16.3. The van der Waals surface area contributed by atoms with Gasteiger partial charge in [0, 0.05) is 5.39 Å². The molecular formula is C19H27NO. The zero-order valence-electron chi connectivity index (χ0n) is 13.3. The zero-order chi connectivity index (χ0) is 14.7. The van der Waals surface area contributed by atoms with E-state index in [2.05, 4.69) is 43.6 Å². The van der Waals surface area contributed by atoms with E-state index in [4.69, 9.17) is 4.42 Å². The molecule has 1 atom stereocenters. The summed E-state index contributed by atoms with van der Waals surface area (Å²) in [6.07, 6.45) is 9.63. The molecule has 114 valence electrons. The molecule has 1 heterocycles. The van der Waals surface area contributed by atoms with Crippen LogP contribution in [0.5, 0.6) is 0 Å². The molecule has 1 fully saturated rings. The Kier molecular flexibility index (Phi) is 4.64. The minimum atomic E-state index is 0.347. The van der Waals surface area contributed by atoms with Crippen molar-refractivity contribution in [2.24, 2.45) is 5.92 Å². The largest absolute Gasteiger partial charge is 0.459 e. The van der Waals surface area contributed by atoms with Crippen LogP contribution in [0.1, 0.15) is 62.3 Å². The topological polar surface area (TPSA) is 25.2 Å². The van der Waals surface area contributed by atoms with Crippen LogP contribution in [0, 0.1) is 12.8 Å². The van der Waals surface area contributed by atoms with E-state index in [1.54, 1.807) is 0 Å². The van der Waals surface area contributed by atoms with Gasteiger partial charge in [-0.15, -0.1) is 0 Å².